The van der Waals surface area contributed by atoms with E-state index in [1.165, 1.54) is 0 Å². The third-order valence-corrected chi connectivity index (χ3v) is 4.09. The standard InChI is InChI=1S/C14H20N4O/c1-2-5-16-6-3-4-13(16)14(19)17-7-8-18-11-15-9-12(18)10-17/h2,9,11,13H,1,3-8,10H2. The minimum atomic E-state index is 0.0486. The Balaban J connectivity index is 1.69. The minimum absolute atomic E-state index is 0.0486. The zero-order chi connectivity index (χ0) is 13.2. The second-order valence-electron chi connectivity index (χ2n) is 5.28. The van der Waals surface area contributed by atoms with Gasteiger partial charge in [0, 0.05) is 25.8 Å². The van der Waals surface area contributed by atoms with Crippen molar-refractivity contribution in [2.45, 2.75) is 32.0 Å². The van der Waals surface area contributed by atoms with E-state index in [-0.39, 0.29) is 11.9 Å². The number of carbonyl (C=O) groups is 1. The van der Waals surface area contributed by atoms with Crippen LogP contribution >= 0.6 is 0 Å². The fourth-order valence-electron chi connectivity index (χ4n) is 3.07. The maximum absolute atomic E-state index is 12.6. The lowest BCUT2D eigenvalue weighted by atomic mass is 10.1. The molecule has 0 N–H and O–H groups in total. The molecule has 1 saturated heterocycles. The summed E-state index contributed by atoms with van der Waals surface area (Å²) < 4.78 is 2.12. The van der Waals surface area contributed by atoms with Crippen LogP contribution in [0.4, 0.5) is 0 Å². The summed E-state index contributed by atoms with van der Waals surface area (Å²) in [5.74, 6) is 0.270. The van der Waals surface area contributed by atoms with Crippen LogP contribution in [-0.4, -0.2) is 50.9 Å². The van der Waals surface area contributed by atoms with Crippen LogP contribution in [0.15, 0.2) is 25.2 Å². The van der Waals surface area contributed by atoms with Crippen LogP contribution in [0.3, 0.4) is 0 Å². The van der Waals surface area contributed by atoms with Crippen molar-refractivity contribution in [3.05, 3.63) is 30.9 Å². The van der Waals surface area contributed by atoms with Crippen molar-refractivity contribution in [1.29, 1.82) is 0 Å². The maximum Gasteiger partial charge on any atom is 0.240 e. The smallest absolute Gasteiger partial charge is 0.240 e. The van der Waals surface area contributed by atoms with Gasteiger partial charge in [-0.25, -0.2) is 4.98 Å². The highest BCUT2D eigenvalue weighted by Crippen LogP contribution is 2.21. The molecule has 0 bridgehead atoms. The third-order valence-electron chi connectivity index (χ3n) is 4.09. The first-order valence-electron chi connectivity index (χ1n) is 6.92. The van der Waals surface area contributed by atoms with Crippen molar-refractivity contribution in [3.63, 3.8) is 0 Å². The lowest BCUT2D eigenvalue weighted by Crippen LogP contribution is -2.48. The van der Waals surface area contributed by atoms with Crippen molar-refractivity contribution in [2.24, 2.45) is 0 Å². The van der Waals surface area contributed by atoms with E-state index in [1.807, 2.05) is 23.5 Å². The van der Waals surface area contributed by atoms with Gasteiger partial charge in [-0.1, -0.05) is 6.08 Å². The van der Waals surface area contributed by atoms with Crippen molar-refractivity contribution in [3.8, 4) is 0 Å². The van der Waals surface area contributed by atoms with E-state index in [9.17, 15) is 4.79 Å². The Kier molecular flexibility index (Phi) is 3.38. The van der Waals surface area contributed by atoms with Gasteiger partial charge in [-0.15, -0.1) is 6.58 Å². The van der Waals surface area contributed by atoms with Crippen LogP contribution in [0, 0.1) is 0 Å². The Morgan fingerprint density at radius 2 is 2.37 bits per heavy atom. The van der Waals surface area contributed by atoms with Gasteiger partial charge in [-0.3, -0.25) is 9.69 Å². The number of hydrogen-bond acceptors (Lipinski definition) is 3. The molecule has 102 valence electrons. The minimum Gasteiger partial charge on any atom is -0.334 e. The average Bonchev–Trinajstić information content (AvgIpc) is 3.05. The van der Waals surface area contributed by atoms with E-state index >= 15 is 0 Å². The van der Waals surface area contributed by atoms with Crippen molar-refractivity contribution in [1.82, 2.24) is 19.4 Å². The van der Waals surface area contributed by atoms with Gasteiger partial charge >= 0.3 is 0 Å². The fraction of sp³-hybridized carbons (Fsp3) is 0.571. The molecule has 1 aromatic heterocycles. The Bertz CT molecular complexity index is 482. The van der Waals surface area contributed by atoms with Crippen molar-refractivity contribution in [2.75, 3.05) is 19.6 Å². The van der Waals surface area contributed by atoms with Crippen molar-refractivity contribution >= 4 is 5.91 Å². The van der Waals surface area contributed by atoms with Gasteiger partial charge in [0.1, 0.15) is 0 Å². The molecular weight excluding hydrogens is 240 g/mol. The van der Waals surface area contributed by atoms with E-state index < -0.39 is 0 Å². The maximum atomic E-state index is 12.6. The highest BCUT2D eigenvalue weighted by molar-refractivity contribution is 5.82. The molecule has 0 aliphatic carbocycles. The Morgan fingerprint density at radius 3 is 3.21 bits per heavy atom. The van der Waals surface area contributed by atoms with Crippen LogP contribution in [0.2, 0.25) is 0 Å². The van der Waals surface area contributed by atoms with Gasteiger partial charge in [0.2, 0.25) is 5.91 Å². The summed E-state index contributed by atoms with van der Waals surface area (Å²) in [7, 11) is 0. The molecule has 3 heterocycles. The highest BCUT2D eigenvalue weighted by atomic mass is 16.2. The normalized spacial score (nSPS) is 23.4. The molecule has 5 heteroatoms. The van der Waals surface area contributed by atoms with Crippen LogP contribution in [-0.2, 0) is 17.9 Å². The second kappa shape index (κ2) is 5.17. The average molecular weight is 260 g/mol. The topological polar surface area (TPSA) is 41.4 Å². The number of imidazole rings is 1. The molecule has 0 aromatic carbocycles. The van der Waals surface area contributed by atoms with Crippen LogP contribution < -0.4 is 0 Å². The summed E-state index contributed by atoms with van der Waals surface area (Å²) in [5.41, 5.74) is 1.13. The highest BCUT2D eigenvalue weighted by Gasteiger charge is 2.34. The van der Waals surface area contributed by atoms with E-state index in [0.717, 1.165) is 44.7 Å². The monoisotopic (exact) mass is 260 g/mol. The molecule has 1 fully saturated rings. The number of aromatic nitrogens is 2. The Hall–Kier alpha value is -1.62. The SMILES string of the molecule is C=CCN1CCCC1C(=O)N1CCn2cncc2C1. The molecule has 1 unspecified atom stereocenters. The summed E-state index contributed by atoms with van der Waals surface area (Å²) in [6.45, 7) is 7.93. The molecule has 5 nitrogen and oxygen atoms in total. The molecule has 2 aliphatic rings. The quantitative estimate of drug-likeness (QED) is 0.757. The van der Waals surface area contributed by atoms with Crippen LogP contribution in [0.5, 0.6) is 0 Å². The summed E-state index contributed by atoms with van der Waals surface area (Å²) >= 11 is 0. The third kappa shape index (κ3) is 2.30. The number of carbonyl (C=O) groups excluding carboxylic acids is 1. The molecule has 0 radical (unpaired) electrons. The number of hydrogen-bond donors (Lipinski definition) is 0. The van der Waals surface area contributed by atoms with Gasteiger partial charge in [0.15, 0.2) is 0 Å². The molecule has 19 heavy (non-hydrogen) atoms. The molecule has 2 aliphatic heterocycles. The van der Waals surface area contributed by atoms with E-state index in [4.69, 9.17) is 0 Å². The number of rotatable bonds is 3. The summed E-state index contributed by atoms with van der Waals surface area (Å²) in [6, 6.07) is 0.0486. The number of likely N-dealkylation sites (tertiary alicyclic amines) is 1. The molecule has 0 spiro atoms. The lowest BCUT2D eigenvalue weighted by molar-refractivity contribution is -0.137. The lowest BCUT2D eigenvalue weighted by Gasteiger charge is -2.32. The zero-order valence-electron chi connectivity index (χ0n) is 11.2. The molecule has 3 rings (SSSR count). The van der Waals surface area contributed by atoms with Gasteiger partial charge in [-0.2, -0.15) is 0 Å². The predicted molar refractivity (Wildman–Crippen MR) is 72.4 cm³/mol. The largest absolute Gasteiger partial charge is 0.334 e. The summed E-state index contributed by atoms with van der Waals surface area (Å²) in [4.78, 5) is 21.0. The van der Waals surface area contributed by atoms with Gasteiger partial charge < -0.3 is 9.47 Å². The Morgan fingerprint density at radius 1 is 1.47 bits per heavy atom. The van der Waals surface area contributed by atoms with E-state index in [0.29, 0.717) is 6.54 Å². The number of amides is 1. The zero-order valence-corrected chi connectivity index (χ0v) is 11.2. The fourth-order valence-corrected chi connectivity index (χ4v) is 3.07. The number of nitrogens with zero attached hydrogens (tertiary/aromatic N) is 4. The summed E-state index contributed by atoms with van der Waals surface area (Å²) in [5, 5.41) is 0. The molecule has 1 atom stereocenters. The Labute approximate surface area is 113 Å². The van der Waals surface area contributed by atoms with Gasteiger partial charge in [0.25, 0.3) is 0 Å². The first-order valence-corrected chi connectivity index (χ1v) is 6.92. The van der Waals surface area contributed by atoms with E-state index in [2.05, 4.69) is 21.0 Å². The molecular formula is C14H20N4O. The van der Waals surface area contributed by atoms with Crippen LogP contribution in [0.25, 0.3) is 0 Å². The van der Waals surface area contributed by atoms with Gasteiger partial charge in [0.05, 0.1) is 24.6 Å². The summed E-state index contributed by atoms with van der Waals surface area (Å²) in [6.07, 6.45) is 7.67. The van der Waals surface area contributed by atoms with Crippen molar-refractivity contribution < 1.29 is 4.79 Å². The molecule has 1 amide bonds. The number of fused-ring (bicyclic) bond motifs is 1. The molecule has 0 saturated carbocycles. The van der Waals surface area contributed by atoms with Crippen LogP contribution in [0.1, 0.15) is 18.5 Å². The first kappa shape index (κ1) is 12.4. The predicted octanol–water partition coefficient (Wildman–Crippen LogP) is 0.876. The second-order valence-corrected chi connectivity index (χ2v) is 5.28. The van der Waals surface area contributed by atoms with E-state index in [1.54, 1.807) is 0 Å². The molecule has 1 aromatic rings. The first-order chi connectivity index (χ1) is 9.29. The van der Waals surface area contributed by atoms with Gasteiger partial charge in [-0.05, 0) is 19.4 Å².